The molecule has 1 amide bonds. The Morgan fingerprint density at radius 3 is 1.97 bits per heavy atom. The predicted molar refractivity (Wildman–Crippen MR) is 132 cm³/mol. The average molecular weight is 493 g/mol. The van der Waals surface area contributed by atoms with Crippen LogP contribution in [0.4, 0.5) is 8.78 Å². The number of piperazine rings is 1. The third kappa shape index (κ3) is 4.78. The molecule has 0 bridgehead atoms. The van der Waals surface area contributed by atoms with Crippen LogP contribution in [0.3, 0.4) is 0 Å². The Labute approximate surface area is 204 Å². The lowest BCUT2D eigenvalue weighted by atomic mass is 9.96. The molecule has 178 valence electrons. The maximum absolute atomic E-state index is 13.6. The highest BCUT2D eigenvalue weighted by molar-refractivity contribution is 7.71. The molecule has 3 aromatic carbocycles. The van der Waals surface area contributed by atoms with Gasteiger partial charge in [-0.15, -0.1) is 0 Å². The van der Waals surface area contributed by atoms with Crippen molar-refractivity contribution in [2.75, 3.05) is 26.2 Å². The van der Waals surface area contributed by atoms with Crippen molar-refractivity contribution in [2.24, 2.45) is 0 Å². The maximum atomic E-state index is 13.6. The largest absolute Gasteiger partial charge is 0.336 e. The highest BCUT2D eigenvalue weighted by Crippen LogP contribution is 2.30. The highest BCUT2D eigenvalue weighted by atomic mass is 32.1. The Balaban J connectivity index is 1.36. The first-order valence-corrected chi connectivity index (χ1v) is 11.6. The van der Waals surface area contributed by atoms with Crippen LogP contribution < -0.4 is 5.56 Å². The Hall–Kier alpha value is -3.69. The molecule has 4 aromatic rings. The van der Waals surface area contributed by atoms with Gasteiger partial charge in [0.2, 0.25) is 0 Å². The molecule has 1 aliphatic rings. The number of fused-ring (bicyclic) bond motifs is 1. The molecule has 5 rings (SSSR count). The summed E-state index contributed by atoms with van der Waals surface area (Å²) >= 11 is 5.04. The summed E-state index contributed by atoms with van der Waals surface area (Å²) in [5, 5.41) is 0.432. The van der Waals surface area contributed by atoms with Crippen LogP contribution in [-0.2, 0) is 0 Å². The lowest BCUT2D eigenvalue weighted by Gasteiger charge is -2.39. The second kappa shape index (κ2) is 9.52. The van der Waals surface area contributed by atoms with Crippen molar-refractivity contribution in [1.29, 1.82) is 0 Å². The summed E-state index contributed by atoms with van der Waals surface area (Å²) in [5.74, 6) is -0.772. The molecular formula is C26H22F2N4O2S. The number of carbonyl (C=O) groups excluding carboxylic acids is 1. The van der Waals surface area contributed by atoms with Crippen molar-refractivity contribution in [2.45, 2.75) is 6.04 Å². The third-order valence-corrected chi connectivity index (χ3v) is 6.53. The van der Waals surface area contributed by atoms with Crippen molar-refractivity contribution in [3.05, 3.63) is 110 Å². The summed E-state index contributed by atoms with van der Waals surface area (Å²) in [5.41, 5.74) is 2.47. The predicted octanol–water partition coefficient (Wildman–Crippen LogP) is 4.41. The van der Waals surface area contributed by atoms with E-state index in [1.54, 1.807) is 47.4 Å². The minimum absolute atomic E-state index is 0.133. The minimum Gasteiger partial charge on any atom is -0.336 e. The molecule has 0 aliphatic carbocycles. The standard InChI is InChI=1S/C26H22F2N4O2S/c27-19-6-1-16(2-7-19)23(17-3-8-20(28)9-4-17)31-11-13-32(14-12-31)25(34)18-5-10-21-22(15-18)29-26(35)30-24(21)33/h1-10,15,23H,11-14H2,(H2,29,30,33,35). The zero-order valence-electron chi connectivity index (χ0n) is 18.6. The summed E-state index contributed by atoms with van der Waals surface area (Å²) < 4.78 is 27.3. The molecular weight excluding hydrogens is 470 g/mol. The van der Waals surface area contributed by atoms with E-state index >= 15 is 0 Å². The molecule has 1 aliphatic heterocycles. The van der Waals surface area contributed by atoms with E-state index in [4.69, 9.17) is 12.2 Å². The molecule has 2 heterocycles. The molecule has 0 atom stereocenters. The van der Waals surface area contributed by atoms with Gasteiger partial charge < -0.3 is 9.88 Å². The summed E-state index contributed by atoms with van der Waals surface area (Å²) in [7, 11) is 0. The van der Waals surface area contributed by atoms with E-state index in [9.17, 15) is 18.4 Å². The van der Waals surface area contributed by atoms with E-state index in [1.165, 1.54) is 24.3 Å². The Kier molecular flexibility index (Phi) is 6.27. The van der Waals surface area contributed by atoms with Gasteiger partial charge in [0.1, 0.15) is 11.6 Å². The lowest BCUT2D eigenvalue weighted by molar-refractivity contribution is 0.0597. The van der Waals surface area contributed by atoms with Crippen LogP contribution in [0.1, 0.15) is 27.5 Å². The van der Waals surface area contributed by atoms with Crippen LogP contribution in [-0.4, -0.2) is 51.9 Å². The monoisotopic (exact) mass is 492 g/mol. The summed E-state index contributed by atoms with van der Waals surface area (Å²) in [6.45, 7) is 2.14. The molecule has 0 radical (unpaired) electrons. The quantitative estimate of drug-likeness (QED) is 0.414. The zero-order chi connectivity index (χ0) is 24.5. The summed E-state index contributed by atoms with van der Waals surface area (Å²) in [4.78, 5) is 34.7. The molecule has 0 unspecified atom stereocenters. The zero-order valence-corrected chi connectivity index (χ0v) is 19.4. The van der Waals surface area contributed by atoms with Crippen molar-refractivity contribution >= 4 is 29.0 Å². The van der Waals surface area contributed by atoms with Crippen LogP contribution in [0, 0.1) is 16.4 Å². The topological polar surface area (TPSA) is 72.2 Å². The number of hydrogen-bond donors (Lipinski definition) is 2. The van der Waals surface area contributed by atoms with E-state index in [0.717, 1.165) is 11.1 Å². The lowest BCUT2D eigenvalue weighted by Crippen LogP contribution is -2.49. The number of H-pyrrole nitrogens is 2. The Morgan fingerprint density at radius 1 is 0.829 bits per heavy atom. The number of aromatic nitrogens is 2. The number of benzene rings is 3. The number of nitrogens with zero attached hydrogens (tertiary/aromatic N) is 2. The van der Waals surface area contributed by atoms with Crippen molar-refractivity contribution in [1.82, 2.24) is 19.8 Å². The van der Waals surface area contributed by atoms with Crippen molar-refractivity contribution in [3.8, 4) is 0 Å². The fraction of sp³-hybridized carbons (Fsp3) is 0.192. The molecule has 9 heteroatoms. The van der Waals surface area contributed by atoms with Gasteiger partial charge in [0, 0.05) is 31.7 Å². The van der Waals surface area contributed by atoms with Gasteiger partial charge in [0.15, 0.2) is 4.77 Å². The number of carbonyl (C=O) groups is 1. The first kappa shape index (κ1) is 23.1. The fourth-order valence-electron chi connectivity index (χ4n) is 4.57. The van der Waals surface area contributed by atoms with Crippen LogP contribution in [0.15, 0.2) is 71.5 Å². The smallest absolute Gasteiger partial charge is 0.259 e. The molecule has 1 saturated heterocycles. The van der Waals surface area contributed by atoms with E-state index in [-0.39, 0.29) is 33.9 Å². The van der Waals surface area contributed by atoms with Gasteiger partial charge in [-0.05, 0) is 65.8 Å². The number of rotatable bonds is 4. The van der Waals surface area contributed by atoms with Crippen molar-refractivity contribution in [3.63, 3.8) is 0 Å². The van der Waals surface area contributed by atoms with Crippen LogP contribution in [0.2, 0.25) is 0 Å². The first-order chi connectivity index (χ1) is 16.9. The molecule has 0 spiro atoms. The first-order valence-electron chi connectivity index (χ1n) is 11.2. The van der Waals surface area contributed by atoms with Crippen molar-refractivity contribution < 1.29 is 13.6 Å². The van der Waals surface area contributed by atoms with E-state index < -0.39 is 0 Å². The van der Waals surface area contributed by atoms with Gasteiger partial charge in [0.25, 0.3) is 11.5 Å². The van der Waals surface area contributed by atoms with E-state index in [2.05, 4.69) is 14.9 Å². The molecule has 35 heavy (non-hydrogen) atoms. The van der Waals surface area contributed by atoms with Crippen LogP contribution in [0.25, 0.3) is 10.9 Å². The Morgan fingerprint density at radius 2 is 1.40 bits per heavy atom. The van der Waals surface area contributed by atoms with Gasteiger partial charge in [0.05, 0.1) is 16.9 Å². The van der Waals surface area contributed by atoms with E-state index in [1.807, 2.05) is 0 Å². The normalized spacial score (nSPS) is 14.5. The molecule has 1 fully saturated rings. The average Bonchev–Trinajstić information content (AvgIpc) is 2.86. The van der Waals surface area contributed by atoms with Gasteiger partial charge >= 0.3 is 0 Å². The summed E-state index contributed by atoms with van der Waals surface area (Å²) in [6.07, 6.45) is 0. The molecule has 1 aromatic heterocycles. The van der Waals surface area contributed by atoms with E-state index in [0.29, 0.717) is 42.6 Å². The molecule has 2 N–H and O–H groups in total. The van der Waals surface area contributed by atoms with Gasteiger partial charge in [-0.25, -0.2) is 8.78 Å². The molecule has 6 nitrogen and oxygen atoms in total. The second-order valence-corrected chi connectivity index (χ2v) is 8.91. The number of aromatic amines is 2. The van der Waals surface area contributed by atoms with Crippen LogP contribution in [0.5, 0.6) is 0 Å². The second-order valence-electron chi connectivity index (χ2n) is 8.50. The number of halogens is 2. The SMILES string of the molecule is O=C(c1ccc2c(=O)[nH]c(=S)[nH]c2c1)N1CCN(C(c2ccc(F)cc2)c2ccc(F)cc2)CC1. The summed E-state index contributed by atoms with van der Waals surface area (Å²) in [6, 6.07) is 17.3. The number of amides is 1. The van der Waals surface area contributed by atoms with Gasteiger partial charge in [-0.3, -0.25) is 19.5 Å². The van der Waals surface area contributed by atoms with Crippen LogP contribution >= 0.6 is 12.2 Å². The minimum atomic E-state index is -0.320. The number of nitrogens with one attached hydrogen (secondary N) is 2. The van der Waals surface area contributed by atoms with Gasteiger partial charge in [-0.1, -0.05) is 24.3 Å². The van der Waals surface area contributed by atoms with Gasteiger partial charge in [-0.2, -0.15) is 0 Å². The number of hydrogen-bond acceptors (Lipinski definition) is 4. The highest BCUT2D eigenvalue weighted by Gasteiger charge is 2.29. The fourth-order valence-corrected chi connectivity index (χ4v) is 4.78. The molecule has 0 saturated carbocycles. The maximum Gasteiger partial charge on any atom is 0.259 e. The third-order valence-electron chi connectivity index (χ3n) is 6.32. The Bertz CT molecular complexity index is 1450.